The largest absolute Gasteiger partial charge is 0.352 e. The molecule has 0 atom stereocenters. The Labute approximate surface area is 168 Å². The number of fused-ring (bicyclic) bond motifs is 1. The van der Waals surface area contributed by atoms with E-state index >= 15 is 0 Å². The van der Waals surface area contributed by atoms with Crippen molar-refractivity contribution in [1.82, 2.24) is 25.4 Å². The molecule has 140 valence electrons. The number of rotatable bonds is 4. The van der Waals surface area contributed by atoms with Gasteiger partial charge >= 0.3 is 0 Å². The number of halogens is 2. The normalized spacial score (nSPS) is 13.6. The first-order chi connectivity index (χ1) is 11.6. The van der Waals surface area contributed by atoms with Crippen LogP contribution in [0, 0.1) is 12.8 Å². The van der Waals surface area contributed by atoms with Gasteiger partial charge in [0.2, 0.25) is 0 Å². The summed E-state index contributed by atoms with van der Waals surface area (Å²) in [6.45, 7) is 4.56. The molecule has 0 aliphatic carbocycles. The van der Waals surface area contributed by atoms with E-state index in [1.807, 2.05) is 37.6 Å². The lowest BCUT2D eigenvalue weighted by Crippen LogP contribution is -2.48. The van der Waals surface area contributed by atoms with E-state index in [0.29, 0.717) is 18.0 Å². The van der Waals surface area contributed by atoms with Crippen LogP contribution in [-0.4, -0.2) is 40.3 Å². The van der Waals surface area contributed by atoms with Crippen LogP contribution in [0.1, 0.15) is 16.1 Å². The molecule has 1 aliphatic heterocycles. The highest BCUT2D eigenvalue weighted by Gasteiger charge is 2.22. The van der Waals surface area contributed by atoms with Gasteiger partial charge in [-0.1, -0.05) is 6.07 Å². The molecular weight excluding hydrogens is 393 g/mol. The summed E-state index contributed by atoms with van der Waals surface area (Å²) in [6, 6.07) is 5.89. The van der Waals surface area contributed by atoms with Crippen molar-refractivity contribution in [2.45, 2.75) is 6.92 Å². The number of thiophene rings is 1. The highest BCUT2D eigenvalue weighted by molar-refractivity contribution is 7.13. The Balaban J connectivity index is 0.00000121. The van der Waals surface area contributed by atoms with Crippen LogP contribution in [0.5, 0.6) is 0 Å². The predicted molar refractivity (Wildman–Crippen MR) is 110 cm³/mol. The minimum Gasteiger partial charge on any atom is -0.352 e. The predicted octanol–water partition coefficient (Wildman–Crippen LogP) is 2.80. The second-order valence-corrected chi connectivity index (χ2v) is 7.12. The topological polar surface area (TPSA) is 71.8 Å². The molecule has 4 heterocycles. The molecule has 1 fully saturated rings. The van der Waals surface area contributed by atoms with Gasteiger partial charge in [0.05, 0.1) is 27.2 Å². The van der Waals surface area contributed by atoms with Crippen LogP contribution in [0.3, 0.4) is 0 Å². The van der Waals surface area contributed by atoms with Crippen molar-refractivity contribution in [3.05, 3.63) is 34.8 Å². The molecule has 0 aromatic carbocycles. The number of nitrogens with zero attached hydrogens (tertiary/aromatic N) is 3. The summed E-state index contributed by atoms with van der Waals surface area (Å²) in [5, 5.41) is 13.6. The number of hydrogen-bond donors (Lipinski definition) is 2. The molecule has 9 heteroatoms. The molecule has 2 N–H and O–H groups in total. The van der Waals surface area contributed by atoms with Crippen LogP contribution < -0.4 is 10.6 Å². The van der Waals surface area contributed by atoms with Crippen molar-refractivity contribution in [3.8, 4) is 10.6 Å². The van der Waals surface area contributed by atoms with E-state index in [2.05, 4.69) is 15.7 Å². The average Bonchev–Trinajstić information content (AvgIpc) is 3.14. The molecule has 0 saturated carbocycles. The van der Waals surface area contributed by atoms with Crippen LogP contribution in [0.15, 0.2) is 23.6 Å². The van der Waals surface area contributed by atoms with Crippen molar-refractivity contribution in [2.75, 3.05) is 19.6 Å². The maximum Gasteiger partial charge on any atom is 0.252 e. The van der Waals surface area contributed by atoms with Crippen LogP contribution >= 0.6 is 36.2 Å². The third-order valence-corrected chi connectivity index (χ3v) is 5.30. The summed E-state index contributed by atoms with van der Waals surface area (Å²) in [5.74, 6) is 0.473. The Kier molecular flexibility index (Phi) is 6.63. The molecule has 3 aromatic rings. The SMILES string of the molecule is Cc1nn(C)c2nc(-c3cccs3)cc(C(=O)NCC3CNC3)c12.Cl.Cl. The quantitative estimate of drug-likeness (QED) is 0.689. The molecule has 4 rings (SSSR count). The van der Waals surface area contributed by atoms with Crippen LogP contribution in [0.4, 0.5) is 0 Å². The van der Waals surface area contributed by atoms with E-state index in [-0.39, 0.29) is 30.7 Å². The first kappa shape index (κ1) is 20.6. The standard InChI is InChI=1S/C17H19N5OS.2ClH/c1-10-15-12(17(23)19-9-11-7-18-8-11)6-13(14-4-3-5-24-14)20-16(15)22(2)21-10;;/h3-6,11,18H,7-9H2,1-2H3,(H,19,23);2*1H. The van der Waals surface area contributed by atoms with E-state index in [9.17, 15) is 4.79 Å². The number of aromatic nitrogens is 3. The maximum absolute atomic E-state index is 12.8. The third-order valence-electron chi connectivity index (χ3n) is 4.40. The Morgan fingerprint density at radius 2 is 2.19 bits per heavy atom. The second-order valence-electron chi connectivity index (χ2n) is 6.17. The number of carbonyl (C=O) groups is 1. The molecule has 6 nitrogen and oxygen atoms in total. The lowest BCUT2D eigenvalue weighted by atomic mass is 10.0. The van der Waals surface area contributed by atoms with Gasteiger partial charge in [0.15, 0.2) is 5.65 Å². The summed E-state index contributed by atoms with van der Waals surface area (Å²) in [5.41, 5.74) is 3.04. The van der Waals surface area contributed by atoms with E-state index < -0.39 is 0 Å². The molecule has 0 unspecified atom stereocenters. The average molecular weight is 414 g/mol. The zero-order chi connectivity index (χ0) is 16.7. The minimum atomic E-state index is -0.0526. The van der Waals surface area contributed by atoms with Crippen molar-refractivity contribution < 1.29 is 4.79 Å². The van der Waals surface area contributed by atoms with E-state index in [4.69, 9.17) is 4.98 Å². The first-order valence-corrected chi connectivity index (χ1v) is 8.88. The van der Waals surface area contributed by atoms with Gasteiger partial charge in [0.25, 0.3) is 5.91 Å². The molecule has 1 amide bonds. The molecule has 1 saturated heterocycles. The lowest BCUT2D eigenvalue weighted by Gasteiger charge is -2.27. The molecule has 0 radical (unpaired) electrons. The number of hydrogen-bond acceptors (Lipinski definition) is 5. The highest BCUT2D eigenvalue weighted by Crippen LogP contribution is 2.29. The summed E-state index contributed by atoms with van der Waals surface area (Å²) >= 11 is 1.62. The molecule has 3 aromatic heterocycles. The zero-order valence-electron chi connectivity index (χ0n) is 14.5. The van der Waals surface area contributed by atoms with Gasteiger partial charge < -0.3 is 10.6 Å². The Hall–Kier alpha value is -1.67. The van der Waals surface area contributed by atoms with Gasteiger partial charge in [-0.15, -0.1) is 36.2 Å². The number of amides is 1. The summed E-state index contributed by atoms with van der Waals surface area (Å²) in [7, 11) is 1.86. The monoisotopic (exact) mass is 413 g/mol. The molecular formula is C17H21Cl2N5OS. The maximum atomic E-state index is 12.8. The fraction of sp³-hybridized carbons (Fsp3) is 0.353. The van der Waals surface area contributed by atoms with Crippen molar-refractivity contribution >= 4 is 53.1 Å². The van der Waals surface area contributed by atoms with Crippen LogP contribution in [-0.2, 0) is 7.05 Å². The molecule has 0 bridgehead atoms. The Morgan fingerprint density at radius 3 is 2.81 bits per heavy atom. The number of nitrogens with one attached hydrogen (secondary N) is 2. The van der Waals surface area contributed by atoms with E-state index in [1.165, 1.54) is 0 Å². The van der Waals surface area contributed by atoms with Crippen molar-refractivity contribution in [3.63, 3.8) is 0 Å². The number of carbonyl (C=O) groups excluding carboxylic acids is 1. The van der Waals surface area contributed by atoms with Gasteiger partial charge in [-0.25, -0.2) is 4.98 Å². The van der Waals surface area contributed by atoms with Crippen molar-refractivity contribution in [2.24, 2.45) is 13.0 Å². The molecule has 0 spiro atoms. The van der Waals surface area contributed by atoms with Crippen LogP contribution in [0.2, 0.25) is 0 Å². The fourth-order valence-electron chi connectivity index (χ4n) is 3.00. The Bertz CT molecular complexity index is 906. The van der Waals surface area contributed by atoms with Gasteiger partial charge in [0.1, 0.15) is 0 Å². The zero-order valence-corrected chi connectivity index (χ0v) is 16.9. The van der Waals surface area contributed by atoms with Crippen molar-refractivity contribution in [1.29, 1.82) is 0 Å². The lowest BCUT2D eigenvalue weighted by molar-refractivity contribution is 0.0944. The highest BCUT2D eigenvalue weighted by atomic mass is 35.5. The Morgan fingerprint density at radius 1 is 1.42 bits per heavy atom. The van der Waals surface area contributed by atoms with E-state index in [1.54, 1.807) is 16.0 Å². The summed E-state index contributed by atoms with van der Waals surface area (Å²) in [6.07, 6.45) is 0. The minimum absolute atomic E-state index is 0. The third kappa shape index (κ3) is 3.71. The molecule has 26 heavy (non-hydrogen) atoms. The van der Waals surface area contributed by atoms with Crippen LogP contribution in [0.25, 0.3) is 21.6 Å². The van der Waals surface area contributed by atoms with E-state index in [0.717, 1.165) is 40.4 Å². The van der Waals surface area contributed by atoms with Gasteiger partial charge in [0, 0.05) is 32.6 Å². The van der Waals surface area contributed by atoms with Gasteiger partial charge in [-0.05, 0) is 24.4 Å². The second kappa shape index (κ2) is 8.35. The van der Waals surface area contributed by atoms with Gasteiger partial charge in [-0.3, -0.25) is 9.48 Å². The number of aryl methyl sites for hydroxylation is 2. The smallest absolute Gasteiger partial charge is 0.252 e. The summed E-state index contributed by atoms with van der Waals surface area (Å²) < 4.78 is 1.74. The first-order valence-electron chi connectivity index (χ1n) is 8.00. The fourth-order valence-corrected chi connectivity index (χ4v) is 3.69. The molecule has 1 aliphatic rings. The number of pyridine rings is 1. The van der Waals surface area contributed by atoms with Gasteiger partial charge in [-0.2, -0.15) is 5.10 Å². The summed E-state index contributed by atoms with van der Waals surface area (Å²) in [4.78, 5) is 18.6.